The lowest BCUT2D eigenvalue weighted by Gasteiger charge is -2.33. The van der Waals surface area contributed by atoms with Crippen LogP contribution >= 0.6 is 0 Å². The molecule has 2 rings (SSSR count). The van der Waals surface area contributed by atoms with Crippen LogP contribution in [0.1, 0.15) is 13.3 Å². The quantitative estimate of drug-likeness (QED) is 0.901. The van der Waals surface area contributed by atoms with Crippen LogP contribution in [0.4, 0.5) is 10.1 Å². The lowest BCUT2D eigenvalue weighted by molar-refractivity contribution is 0.254. The molecule has 1 heterocycles. The van der Waals surface area contributed by atoms with Crippen LogP contribution in [0.3, 0.4) is 0 Å². The summed E-state index contributed by atoms with van der Waals surface area (Å²) in [6.45, 7) is 5.25. The van der Waals surface area contributed by atoms with E-state index in [2.05, 4.69) is 29.1 Å². The number of halogens is 1. The van der Waals surface area contributed by atoms with Crippen LogP contribution in [0.25, 0.3) is 0 Å². The van der Waals surface area contributed by atoms with E-state index in [0.717, 1.165) is 31.7 Å². The van der Waals surface area contributed by atoms with Crippen molar-refractivity contribution in [2.24, 2.45) is 0 Å². The zero-order chi connectivity index (χ0) is 13.8. The van der Waals surface area contributed by atoms with Crippen molar-refractivity contribution in [1.82, 2.24) is 10.2 Å². The highest BCUT2D eigenvalue weighted by Crippen LogP contribution is 2.22. The van der Waals surface area contributed by atoms with Gasteiger partial charge in [-0.2, -0.15) is 0 Å². The Hall–Kier alpha value is -1.13. The summed E-state index contributed by atoms with van der Waals surface area (Å²) in [5, 5.41) is 3.27. The van der Waals surface area contributed by atoms with Crippen molar-refractivity contribution in [1.29, 1.82) is 0 Å². The normalized spacial score (nSPS) is 25.4. The molecule has 0 bridgehead atoms. The largest absolute Gasteiger partial charge is 0.366 e. The van der Waals surface area contributed by atoms with E-state index in [1.54, 1.807) is 12.1 Å². The number of likely N-dealkylation sites (N-methyl/N-ethyl adjacent to an activating group) is 2. The van der Waals surface area contributed by atoms with Gasteiger partial charge in [0.05, 0.1) is 6.04 Å². The van der Waals surface area contributed by atoms with Crippen LogP contribution in [0.15, 0.2) is 24.3 Å². The van der Waals surface area contributed by atoms with Gasteiger partial charge >= 0.3 is 0 Å². The molecule has 3 nitrogen and oxygen atoms in total. The number of anilines is 1. The van der Waals surface area contributed by atoms with E-state index in [9.17, 15) is 4.39 Å². The highest BCUT2D eigenvalue weighted by molar-refractivity contribution is 5.47. The molecule has 0 radical (unpaired) electrons. The molecule has 0 aromatic heterocycles. The molecule has 1 aliphatic heterocycles. The van der Waals surface area contributed by atoms with Crippen LogP contribution in [-0.4, -0.2) is 50.7 Å². The lowest BCUT2D eigenvalue weighted by atomic mass is 10.2. The second kappa shape index (κ2) is 6.35. The minimum atomic E-state index is -0.172. The van der Waals surface area contributed by atoms with Gasteiger partial charge in [-0.1, -0.05) is 0 Å². The number of hydrogen-bond acceptors (Lipinski definition) is 3. The third-order valence-electron chi connectivity index (χ3n) is 4.08. The summed E-state index contributed by atoms with van der Waals surface area (Å²) in [4.78, 5) is 4.81. The summed E-state index contributed by atoms with van der Waals surface area (Å²) in [7, 11) is 4.17. The van der Waals surface area contributed by atoms with E-state index in [-0.39, 0.29) is 5.82 Å². The Labute approximate surface area is 115 Å². The molecule has 2 unspecified atom stereocenters. The number of nitrogens with one attached hydrogen (secondary N) is 1. The highest BCUT2D eigenvalue weighted by Gasteiger charge is 2.26. The third kappa shape index (κ3) is 3.45. The Bertz CT molecular complexity index is 393. The zero-order valence-electron chi connectivity index (χ0n) is 12.1. The predicted molar refractivity (Wildman–Crippen MR) is 78.2 cm³/mol. The Morgan fingerprint density at radius 1 is 1.32 bits per heavy atom. The molecule has 1 fully saturated rings. The van der Waals surface area contributed by atoms with Gasteiger partial charge < -0.3 is 15.1 Å². The van der Waals surface area contributed by atoms with Gasteiger partial charge in [0, 0.05) is 31.4 Å². The van der Waals surface area contributed by atoms with Gasteiger partial charge in [-0.05, 0) is 51.7 Å². The molecule has 2 atom stereocenters. The number of rotatable bonds is 3. The molecule has 1 saturated heterocycles. The smallest absolute Gasteiger partial charge is 0.123 e. The molecule has 19 heavy (non-hydrogen) atoms. The predicted octanol–water partition coefficient (Wildman–Crippen LogP) is 1.94. The van der Waals surface area contributed by atoms with E-state index >= 15 is 0 Å². The van der Waals surface area contributed by atoms with Gasteiger partial charge in [-0.25, -0.2) is 4.39 Å². The maximum Gasteiger partial charge on any atom is 0.123 e. The van der Waals surface area contributed by atoms with Crippen LogP contribution < -0.4 is 10.2 Å². The van der Waals surface area contributed by atoms with E-state index in [0.29, 0.717) is 12.1 Å². The van der Waals surface area contributed by atoms with Gasteiger partial charge in [0.25, 0.3) is 0 Å². The lowest BCUT2D eigenvalue weighted by Crippen LogP contribution is -2.46. The molecular weight excluding hydrogens is 241 g/mol. The van der Waals surface area contributed by atoms with Gasteiger partial charge in [-0.3, -0.25) is 0 Å². The molecule has 0 saturated carbocycles. The van der Waals surface area contributed by atoms with Crippen molar-refractivity contribution in [3.8, 4) is 0 Å². The van der Waals surface area contributed by atoms with Crippen LogP contribution in [-0.2, 0) is 0 Å². The Balaban J connectivity index is 2.21. The molecule has 106 valence electrons. The van der Waals surface area contributed by atoms with Crippen LogP contribution in [0, 0.1) is 5.82 Å². The minimum Gasteiger partial charge on any atom is -0.366 e. The fraction of sp³-hybridized carbons (Fsp3) is 0.600. The highest BCUT2D eigenvalue weighted by atomic mass is 19.1. The molecule has 0 amide bonds. The first-order valence-electron chi connectivity index (χ1n) is 6.99. The second-order valence-corrected chi connectivity index (χ2v) is 5.46. The Morgan fingerprint density at radius 2 is 2.00 bits per heavy atom. The fourth-order valence-electron chi connectivity index (χ4n) is 2.72. The van der Waals surface area contributed by atoms with Crippen LogP contribution in [0.2, 0.25) is 0 Å². The van der Waals surface area contributed by atoms with Crippen molar-refractivity contribution >= 4 is 5.69 Å². The topological polar surface area (TPSA) is 18.5 Å². The van der Waals surface area contributed by atoms with E-state index in [4.69, 9.17) is 0 Å². The molecule has 1 N–H and O–H groups in total. The third-order valence-corrected chi connectivity index (χ3v) is 4.08. The van der Waals surface area contributed by atoms with Gasteiger partial charge in [-0.15, -0.1) is 0 Å². The molecule has 4 heteroatoms. The Kier molecular flexibility index (Phi) is 4.77. The number of nitrogens with zero attached hydrogens (tertiary/aromatic N) is 2. The maximum atomic E-state index is 13.1. The Morgan fingerprint density at radius 3 is 2.63 bits per heavy atom. The van der Waals surface area contributed by atoms with E-state index in [1.165, 1.54) is 0 Å². The average Bonchev–Trinajstić information content (AvgIpc) is 2.52. The minimum absolute atomic E-state index is 0.172. The standard InChI is InChI=1S/C15H24FN3/c1-12-8-9-19(14-6-4-13(16)5-7-14)15(10-17-2)11-18(12)3/h4-7,12,15,17H,8-11H2,1-3H3. The van der Waals surface area contributed by atoms with Crippen molar-refractivity contribution in [3.05, 3.63) is 30.1 Å². The first-order valence-corrected chi connectivity index (χ1v) is 6.99. The molecule has 1 aromatic rings. The summed E-state index contributed by atoms with van der Waals surface area (Å²) in [6.07, 6.45) is 1.13. The summed E-state index contributed by atoms with van der Waals surface area (Å²) in [5.74, 6) is -0.172. The molecular formula is C15H24FN3. The second-order valence-electron chi connectivity index (χ2n) is 5.46. The average molecular weight is 265 g/mol. The van der Waals surface area contributed by atoms with E-state index < -0.39 is 0 Å². The molecule has 1 aromatic carbocycles. The first-order chi connectivity index (χ1) is 9.11. The summed E-state index contributed by atoms with van der Waals surface area (Å²) < 4.78 is 13.1. The molecule has 0 spiro atoms. The fourth-order valence-corrected chi connectivity index (χ4v) is 2.72. The van der Waals surface area contributed by atoms with Crippen molar-refractivity contribution < 1.29 is 4.39 Å². The van der Waals surface area contributed by atoms with Crippen molar-refractivity contribution in [2.45, 2.75) is 25.4 Å². The monoisotopic (exact) mass is 265 g/mol. The summed E-state index contributed by atoms with van der Waals surface area (Å²) in [6, 6.07) is 7.87. The van der Waals surface area contributed by atoms with Crippen LogP contribution in [0.5, 0.6) is 0 Å². The SMILES string of the molecule is CNCC1CN(C)C(C)CCN1c1ccc(F)cc1. The van der Waals surface area contributed by atoms with Crippen molar-refractivity contribution in [2.75, 3.05) is 38.6 Å². The molecule has 0 aliphatic carbocycles. The maximum absolute atomic E-state index is 13.1. The van der Waals surface area contributed by atoms with Gasteiger partial charge in [0.15, 0.2) is 0 Å². The van der Waals surface area contributed by atoms with Gasteiger partial charge in [0.2, 0.25) is 0 Å². The summed E-state index contributed by atoms with van der Waals surface area (Å²) >= 11 is 0. The van der Waals surface area contributed by atoms with Crippen molar-refractivity contribution in [3.63, 3.8) is 0 Å². The van der Waals surface area contributed by atoms with E-state index in [1.807, 2.05) is 19.2 Å². The first kappa shape index (κ1) is 14.3. The number of hydrogen-bond donors (Lipinski definition) is 1. The summed E-state index contributed by atoms with van der Waals surface area (Å²) in [5.41, 5.74) is 1.11. The van der Waals surface area contributed by atoms with Gasteiger partial charge in [0.1, 0.15) is 5.82 Å². The number of benzene rings is 1. The zero-order valence-corrected chi connectivity index (χ0v) is 12.1. The molecule has 1 aliphatic rings.